The average Bonchev–Trinajstić information content (AvgIpc) is 3.94. The lowest BCUT2D eigenvalue weighted by Crippen LogP contribution is -2.39. The number of benzene rings is 4. The van der Waals surface area contributed by atoms with E-state index in [4.69, 9.17) is 10.2 Å². The molecule has 2 aromatic heterocycles. The molecule has 0 aliphatic carbocycles. The Kier molecular flexibility index (Phi) is 8.71. The molecule has 0 saturated carbocycles. The molecule has 50 heavy (non-hydrogen) atoms. The van der Waals surface area contributed by atoms with Gasteiger partial charge in [-0.2, -0.15) is 10.2 Å². The van der Waals surface area contributed by atoms with Crippen LogP contribution in [0, 0.1) is 11.6 Å². The Morgan fingerprint density at radius 2 is 0.940 bits per heavy atom. The van der Waals surface area contributed by atoms with Crippen LogP contribution in [0.2, 0.25) is 0 Å². The third-order valence-corrected chi connectivity index (χ3v) is 11.3. The minimum Gasteiger partial charge on any atom is -0.324 e. The van der Waals surface area contributed by atoms with Crippen molar-refractivity contribution in [2.24, 2.45) is 0 Å². The second-order valence-electron chi connectivity index (χ2n) is 11.9. The third kappa shape index (κ3) is 6.20. The van der Waals surface area contributed by atoms with Crippen molar-refractivity contribution in [3.05, 3.63) is 144 Å². The first-order chi connectivity index (χ1) is 24.4. The lowest BCUT2D eigenvalue weighted by molar-refractivity contribution is -0.132. The molecular weight excluding hydrogens is 675 g/mol. The van der Waals surface area contributed by atoms with Crippen LogP contribution in [0.15, 0.2) is 122 Å². The number of hydrogen-bond acceptors (Lipinski definition) is 6. The van der Waals surface area contributed by atoms with Gasteiger partial charge in [0.05, 0.1) is 34.3 Å². The zero-order valence-corrected chi connectivity index (χ0v) is 28.2. The van der Waals surface area contributed by atoms with Gasteiger partial charge in [0, 0.05) is 47.7 Å². The van der Waals surface area contributed by atoms with E-state index in [0.717, 1.165) is 33.6 Å². The normalized spacial score (nSPS) is 17.6. The van der Waals surface area contributed by atoms with Gasteiger partial charge in [-0.25, -0.2) is 18.1 Å². The molecule has 0 N–H and O–H groups in total. The van der Waals surface area contributed by atoms with E-state index in [2.05, 4.69) is 0 Å². The Bertz CT molecular complexity index is 2000. The fourth-order valence-electron chi connectivity index (χ4n) is 6.35. The van der Waals surface area contributed by atoms with Crippen molar-refractivity contribution in [2.75, 3.05) is 24.6 Å². The molecule has 2 atom stereocenters. The van der Waals surface area contributed by atoms with Gasteiger partial charge in [-0.15, -0.1) is 23.5 Å². The first-order valence-electron chi connectivity index (χ1n) is 16.1. The van der Waals surface area contributed by atoms with Crippen LogP contribution in [0.4, 0.5) is 8.78 Å². The molecule has 8 rings (SSSR count). The fraction of sp³-hybridized carbons (Fsp3) is 0.158. The number of para-hydroxylation sites is 2. The monoisotopic (exact) mass is 704 g/mol. The average molecular weight is 705 g/mol. The molecular formula is C38H30F2N6O2S2. The largest absolute Gasteiger partial charge is 0.324 e. The number of amides is 2. The summed E-state index contributed by atoms with van der Waals surface area (Å²) in [6, 6.07) is 31.8. The summed E-state index contributed by atoms with van der Waals surface area (Å²) in [6.07, 6.45) is 3.87. The van der Waals surface area contributed by atoms with Gasteiger partial charge < -0.3 is 9.80 Å². The molecule has 2 saturated heterocycles. The molecule has 0 bridgehead atoms. The third-order valence-electron chi connectivity index (χ3n) is 8.81. The molecule has 2 amide bonds. The van der Waals surface area contributed by atoms with E-state index in [1.165, 1.54) is 47.8 Å². The predicted octanol–water partition coefficient (Wildman–Crippen LogP) is 7.52. The number of aromatic nitrogens is 4. The molecule has 2 aliphatic rings. The van der Waals surface area contributed by atoms with Gasteiger partial charge in [-0.1, -0.05) is 36.4 Å². The molecule has 4 heterocycles. The predicted molar refractivity (Wildman–Crippen MR) is 192 cm³/mol. The molecule has 4 aromatic carbocycles. The second-order valence-corrected chi connectivity index (χ2v) is 14.1. The maximum Gasteiger partial charge on any atom is 0.233 e. The Morgan fingerprint density at radius 3 is 1.32 bits per heavy atom. The van der Waals surface area contributed by atoms with Crippen LogP contribution in [0.1, 0.15) is 21.9 Å². The number of carbonyl (C=O) groups is 2. The Labute approximate surface area is 295 Å². The molecule has 12 heteroatoms. The van der Waals surface area contributed by atoms with E-state index in [9.17, 15) is 18.4 Å². The quantitative estimate of drug-likeness (QED) is 0.155. The van der Waals surface area contributed by atoms with Crippen molar-refractivity contribution < 1.29 is 18.4 Å². The van der Waals surface area contributed by atoms with Crippen LogP contribution in [-0.2, 0) is 9.59 Å². The minimum absolute atomic E-state index is 0.0303. The van der Waals surface area contributed by atoms with Gasteiger partial charge >= 0.3 is 0 Å². The number of hydrogen-bond donors (Lipinski definition) is 0. The van der Waals surface area contributed by atoms with Crippen molar-refractivity contribution in [1.29, 1.82) is 0 Å². The highest BCUT2D eigenvalue weighted by molar-refractivity contribution is 8.00. The highest BCUT2D eigenvalue weighted by Crippen LogP contribution is 2.45. The molecule has 0 radical (unpaired) electrons. The highest BCUT2D eigenvalue weighted by atomic mass is 32.2. The number of rotatable bonds is 9. The van der Waals surface area contributed by atoms with Crippen LogP contribution < -0.4 is 0 Å². The smallest absolute Gasteiger partial charge is 0.233 e. The van der Waals surface area contributed by atoms with E-state index in [1.807, 2.05) is 82.9 Å². The molecule has 0 unspecified atom stereocenters. The van der Waals surface area contributed by atoms with Crippen LogP contribution in [0.5, 0.6) is 0 Å². The second kappa shape index (κ2) is 13.6. The topological polar surface area (TPSA) is 76.3 Å². The maximum absolute atomic E-state index is 13.9. The summed E-state index contributed by atoms with van der Waals surface area (Å²) in [6.45, 7) is 0.606. The van der Waals surface area contributed by atoms with E-state index < -0.39 is 0 Å². The van der Waals surface area contributed by atoms with Gasteiger partial charge in [0.25, 0.3) is 0 Å². The molecule has 250 valence electrons. The molecule has 8 nitrogen and oxygen atoms in total. The lowest BCUT2D eigenvalue weighted by Gasteiger charge is -2.29. The Balaban J connectivity index is 1.11. The van der Waals surface area contributed by atoms with E-state index in [1.54, 1.807) is 33.6 Å². The van der Waals surface area contributed by atoms with Gasteiger partial charge in [-0.05, 0) is 72.8 Å². The van der Waals surface area contributed by atoms with Gasteiger partial charge in [0.1, 0.15) is 22.4 Å². The van der Waals surface area contributed by atoms with Crippen LogP contribution in [0.3, 0.4) is 0 Å². The van der Waals surface area contributed by atoms with E-state index in [-0.39, 0.29) is 45.7 Å². The molecule has 2 fully saturated rings. The Hall–Kier alpha value is -5.20. The van der Waals surface area contributed by atoms with E-state index >= 15 is 0 Å². The van der Waals surface area contributed by atoms with Gasteiger partial charge in [0.15, 0.2) is 0 Å². The molecule has 2 aliphatic heterocycles. The minimum atomic E-state index is -0.362. The summed E-state index contributed by atoms with van der Waals surface area (Å²) in [5.41, 5.74) is 6.19. The van der Waals surface area contributed by atoms with Gasteiger partial charge in [-0.3, -0.25) is 9.59 Å². The summed E-state index contributed by atoms with van der Waals surface area (Å²) >= 11 is 3.02. The number of thioether (sulfide) groups is 2. The van der Waals surface area contributed by atoms with Crippen LogP contribution in [-0.4, -0.2) is 65.8 Å². The zero-order valence-electron chi connectivity index (χ0n) is 26.6. The Morgan fingerprint density at radius 1 is 0.560 bits per heavy atom. The number of halogens is 2. The van der Waals surface area contributed by atoms with E-state index in [0.29, 0.717) is 24.5 Å². The van der Waals surface area contributed by atoms with Crippen molar-refractivity contribution in [3.63, 3.8) is 0 Å². The standard InChI is InChI=1S/C38H30F2N6O2S2/c39-27-15-11-25(12-16-27)35-31(21-45(41-35)29-7-3-1-4-8-29)37-43(33(47)23-49-37)19-20-44-34(48)24-50-38(44)32-22-46(30-9-5-2-6-10-30)42-36(32)26-13-17-28(40)18-14-26/h1-18,21-22,37-38H,19-20,23-24H2/t37-,38-/m0/s1. The van der Waals surface area contributed by atoms with Crippen LogP contribution in [0.25, 0.3) is 33.9 Å². The van der Waals surface area contributed by atoms with Crippen molar-refractivity contribution >= 4 is 35.3 Å². The van der Waals surface area contributed by atoms with Gasteiger partial charge in [0.2, 0.25) is 11.8 Å². The maximum atomic E-state index is 13.9. The SMILES string of the molecule is O=C1CS[C@@H](c2cn(-c3ccccc3)nc2-c2ccc(F)cc2)N1CCN1C(=O)CS[C@H]1c1cn(-c2ccccc2)nc1-c1ccc(F)cc1. The summed E-state index contributed by atoms with van der Waals surface area (Å²) in [5, 5.41) is 9.08. The first-order valence-corrected chi connectivity index (χ1v) is 18.2. The lowest BCUT2D eigenvalue weighted by atomic mass is 10.1. The molecule has 0 spiro atoms. The summed E-state index contributed by atoms with van der Waals surface area (Å²) in [5.74, 6) is -0.174. The van der Waals surface area contributed by atoms with Crippen molar-refractivity contribution in [3.8, 4) is 33.9 Å². The zero-order chi connectivity index (χ0) is 34.2. The highest BCUT2D eigenvalue weighted by Gasteiger charge is 2.39. The number of carbonyl (C=O) groups excluding carboxylic acids is 2. The first kappa shape index (κ1) is 32.0. The summed E-state index contributed by atoms with van der Waals surface area (Å²) < 4.78 is 31.4. The summed E-state index contributed by atoms with van der Waals surface area (Å²) in [7, 11) is 0. The number of nitrogens with zero attached hydrogens (tertiary/aromatic N) is 6. The van der Waals surface area contributed by atoms with Crippen molar-refractivity contribution in [1.82, 2.24) is 29.4 Å². The van der Waals surface area contributed by atoms with Crippen LogP contribution >= 0.6 is 23.5 Å². The van der Waals surface area contributed by atoms with Crippen molar-refractivity contribution in [2.45, 2.75) is 10.7 Å². The molecule has 6 aromatic rings. The fourth-order valence-corrected chi connectivity index (χ4v) is 8.79. The summed E-state index contributed by atoms with van der Waals surface area (Å²) in [4.78, 5) is 30.6.